The lowest BCUT2D eigenvalue weighted by Crippen LogP contribution is -2.50. The van der Waals surface area contributed by atoms with Crippen LogP contribution >= 0.6 is 0 Å². The number of rotatable bonds is 4. The monoisotopic (exact) mass is 298 g/mol. The van der Waals surface area contributed by atoms with Gasteiger partial charge in [-0.2, -0.15) is 0 Å². The summed E-state index contributed by atoms with van der Waals surface area (Å²) in [6.45, 7) is 3.78. The van der Waals surface area contributed by atoms with Crippen LogP contribution in [0.5, 0.6) is 0 Å². The van der Waals surface area contributed by atoms with Crippen molar-refractivity contribution in [3.05, 3.63) is 48.8 Å². The smallest absolute Gasteiger partial charge is 0.0946 e. The van der Waals surface area contributed by atoms with Crippen LogP contribution in [0, 0.1) is 5.92 Å². The molecule has 0 spiro atoms. The van der Waals surface area contributed by atoms with Crippen molar-refractivity contribution in [1.29, 1.82) is 0 Å². The van der Waals surface area contributed by atoms with Crippen LogP contribution in [0.2, 0.25) is 0 Å². The van der Waals surface area contributed by atoms with Crippen molar-refractivity contribution in [3.8, 4) is 0 Å². The Kier molecular flexibility index (Phi) is 3.91. The van der Waals surface area contributed by atoms with Gasteiger partial charge in [-0.1, -0.05) is 6.07 Å². The lowest BCUT2D eigenvalue weighted by Gasteiger charge is -2.39. The molecule has 3 atom stereocenters. The highest BCUT2D eigenvalue weighted by Gasteiger charge is 2.42. The normalized spacial score (nSPS) is 28.6. The van der Waals surface area contributed by atoms with Gasteiger partial charge in [0.25, 0.3) is 0 Å². The molecule has 1 saturated carbocycles. The Morgan fingerprint density at radius 3 is 3.05 bits per heavy atom. The first kappa shape index (κ1) is 13.9. The molecule has 5 nitrogen and oxygen atoms in total. The molecule has 4 rings (SSSR count). The largest absolute Gasteiger partial charge is 0.375 e. The van der Waals surface area contributed by atoms with E-state index in [-0.39, 0.29) is 0 Å². The molecule has 0 amide bonds. The number of fused-ring (bicyclic) bond motifs is 1. The number of nitrogens with zero attached hydrogens (tertiary/aromatic N) is 4. The van der Waals surface area contributed by atoms with E-state index in [1.54, 1.807) is 0 Å². The summed E-state index contributed by atoms with van der Waals surface area (Å²) in [5.74, 6) is 0.589. The van der Waals surface area contributed by atoms with Crippen molar-refractivity contribution in [3.63, 3.8) is 0 Å². The molecular formula is C17H22N4O. The number of pyridine rings is 1. The molecule has 0 aromatic carbocycles. The Balaban J connectivity index is 1.44. The van der Waals surface area contributed by atoms with E-state index < -0.39 is 0 Å². The average Bonchev–Trinajstić information content (AvgIpc) is 3.20. The lowest BCUT2D eigenvalue weighted by molar-refractivity contribution is -0.0789. The van der Waals surface area contributed by atoms with Crippen LogP contribution in [0.4, 0.5) is 0 Å². The second-order valence-corrected chi connectivity index (χ2v) is 6.29. The van der Waals surface area contributed by atoms with Gasteiger partial charge in [-0.05, 0) is 25.0 Å². The highest BCUT2D eigenvalue weighted by molar-refractivity contribution is 5.05. The number of aromatic nitrogens is 3. The summed E-state index contributed by atoms with van der Waals surface area (Å²) in [4.78, 5) is 11.2. The first-order valence-electron chi connectivity index (χ1n) is 8.11. The summed E-state index contributed by atoms with van der Waals surface area (Å²) in [6, 6.07) is 6.69. The second-order valence-electron chi connectivity index (χ2n) is 6.29. The van der Waals surface area contributed by atoms with Crippen LogP contribution in [0.1, 0.15) is 18.5 Å². The van der Waals surface area contributed by atoms with E-state index in [1.807, 2.05) is 31.0 Å². The zero-order chi connectivity index (χ0) is 14.8. The summed E-state index contributed by atoms with van der Waals surface area (Å²) >= 11 is 0. The summed E-state index contributed by atoms with van der Waals surface area (Å²) in [5.41, 5.74) is 1.15. The third-order valence-electron chi connectivity index (χ3n) is 4.93. The van der Waals surface area contributed by atoms with Gasteiger partial charge in [0.1, 0.15) is 0 Å². The number of imidazole rings is 1. The predicted molar refractivity (Wildman–Crippen MR) is 83.1 cm³/mol. The topological polar surface area (TPSA) is 43.2 Å². The molecule has 0 unspecified atom stereocenters. The molecule has 0 N–H and O–H groups in total. The van der Waals surface area contributed by atoms with Gasteiger partial charge in [-0.15, -0.1) is 0 Å². The Morgan fingerprint density at radius 2 is 2.23 bits per heavy atom. The molecule has 0 bridgehead atoms. The van der Waals surface area contributed by atoms with E-state index in [0.29, 0.717) is 18.1 Å². The van der Waals surface area contributed by atoms with Crippen molar-refractivity contribution in [2.75, 3.05) is 13.2 Å². The van der Waals surface area contributed by atoms with Crippen LogP contribution in [0.3, 0.4) is 0 Å². The standard InChI is InChI=1S/C17H22N4O/c1-2-6-19-15(3-1)12-21-9-10-22-17-14(4-5-16(17)21)11-20-8-7-18-13-20/h1-3,6-8,13-14,16-17H,4-5,9-12H2/t14-,16-,17-/m1/s1. The Morgan fingerprint density at radius 1 is 1.23 bits per heavy atom. The van der Waals surface area contributed by atoms with Crippen LogP contribution in [-0.2, 0) is 17.8 Å². The molecule has 2 fully saturated rings. The van der Waals surface area contributed by atoms with Gasteiger partial charge < -0.3 is 9.30 Å². The number of hydrogen-bond acceptors (Lipinski definition) is 4. The summed E-state index contributed by atoms with van der Waals surface area (Å²) in [7, 11) is 0. The van der Waals surface area contributed by atoms with E-state index in [4.69, 9.17) is 4.74 Å². The maximum atomic E-state index is 6.14. The van der Waals surface area contributed by atoms with Crippen molar-refractivity contribution in [1.82, 2.24) is 19.4 Å². The quantitative estimate of drug-likeness (QED) is 0.865. The zero-order valence-corrected chi connectivity index (χ0v) is 12.7. The van der Waals surface area contributed by atoms with Gasteiger partial charge in [0.05, 0.1) is 24.7 Å². The molecule has 2 aliphatic rings. The van der Waals surface area contributed by atoms with Crippen LogP contribution in [-0.4, -0.2) is 44.7 Å². The first-order valence-corrected chi connectivity index (χ1v) is 8.11. The number of ether oxygens (including phenoxy) is 1. The molecule has 2 aromatic heterocycles. The van der Waals surface area contributed by atoms with Crippen molar-refractivity contribution in [2.45, 2.75) is 38.1 Å². The SMILES string of the molecule is c1ccc(CN2CCO[C@@H]3[C@@H](Cn4ccnc4)CC[C@H]32)nc1. The maximum Gasteiger partial charge on any atom is 0.0946 e. The van der Waals surface area contributed by atoms with Crippen LogP contribution < -0.4 is 0 Å². The first-order chi connectivity index (χ1) is 10.9. The van der Waals surface area contributed by atoms with E-state index in [1.165, 1.54) is 12.8 Å². The molecule has 116 valence electrons. The van der Waals surface area contributed by atoms with Gasteiger partial charge in [0.15, 0.2) is 0 Å². The number of morpholine rings is 1. The molecule has 5 heteroatoms. The number of hydrogen-bond donors (Lipinski definition) is 0. The summed E-state index contributed by atoms with van der Waals surface area (Å²) < 4.78 is 8.31. The van der Waals surface area contributed by atoms with E-state index >= 15 is 0 Å². The zero-order valence-electron chi connectivity index (χ0n) is 12.7. The average molecular weight is 298 g/mol. The van der Waals surface area contributed by atoms with Crippen molar-refractivity contribution >= 4 is 0 Å². The summed E-state index contributed by atoms with van der Waals surface area (Å²) in [6.07, 6.45) is 10.5. The van der Waals surface area contributed by atoms with E-state index in [0.717, 1.165) is 31.9 Å². The predicted octanol–water partition coefficient (Wildman–Crippen LogP) is 1.96. The third-order valence-corrected chi connectivity index (χ3v) is 4.93. The molecule has 1 aliphatic carbocycles. The Hall–Kier alpha value is -1.72. The molecular weight excluding hydrogens is 276 g/mol. The molecule has 1 aliphatic heterocycles. The van der Waals surface area contributed by atoms with Gasteiger partial charge in [0.2, 0.25) is 0 Å². The Labute approximate surface area is 130 Å². The highest BCUT2D eigenvalue weighted by atomic mass is 16.5. The molecule has 3 heterocycles. The molecule has 2 aromatic rings. The maximum absolute atomic E-state index is 6.14. The lowest BCUT2D eigenvalue weighted by atomic mass is 10.0. The molecule has 0 radical (unpaired) electrons. The van der Waals surface area contributed by atoms with Crippen LogP contribution in [0.25, 0.3) is 0 Å². The third kappa shape index (κ3) is 2.78. The van der Waals surface area contributed by atoms with E-state index in [9.17, 15) is 0 Å². The van der Waals surface area contributed by atoms with Crippen LogP contribution in [0.15, 0.2) is 43.1 Å². The fraction of sp³-hybridized carbons (Fsp3) is 0.529. The fourth-order valence-electron chi connectivity index (χ4n) is 3.89. The molecule has 1 saturated heterocycles. The van der Waals surface area contributed by atoms with Crippen molar-refractivity contribution < 1.29 is 4.74 Å². The Bertz CT molecular complexity index is 586. The minimum Gasteiger partial charge on any atom is -0.375 e. The van der Waals surface area contributed by atoms with Gasteiger partial charge >= 0.3 is 0 Å². The van der Waals surface area contributed by atoms with Gasteiger partial charge in [-0.25, -0.2) is 4.98 Å². The highest BCUT2D eigenvalue weighted by Crippen LogP contribution is 2.36. The van der Waals surface area contributed by atoms with Gasteiger partial charge in [-0.3, -0.25) is 9.88 Å². The minimum absolute atomic E-state index is 0.347. The second kappa shape index (κ2) is 6.18. The molecule has 22 heavy (non-hydrogen) atoms. The van der Waals surface area contributed by atoms with Crippen molar-refractivity contribution in [2.24, 2.45) is 5.92 Å². The minimum atomic E-state index is 0.347. The fourth-order valence-corrected chi connectivity index (χ4v) is 3.89. The van der Waals surface area contributed by atoms with Gasteiger partial charge in [0, 0.05) is 50.2 Å². The van der Waals surface area contributed by atoms with E-state index in [2.05, 4.69) is 31.6 Å². The summed E-state index contributed by atoms with van der Waals surface area (Å²) in [5, 5.41) is 0.